The molecule has 156 valence electrons. The number of hydrogen-bond acceptors (Lipinski definition) is 6. The van der Waals surface area contributed by atoms with E-state index in [-0.39, 0.29) is 25.1 Å². The van der Waals surface area contributed by atoms with E-state index in [1.54, 1.807) is 24.3 Å². The molecule has 0 amide bonds. The third-order valence-corrected chi connectivity index (χ3v) is 5.38. The minimum Gasteiger partial charge on any atom is -0.489 e. The molecule has 2 heterocycles. The van der Waals surface area contributed by atoms with E-state index in [1.165, 1.54) is 10.9 Å². The van der Waals surface area contributed by atoms with Gasteiger partial charge in [-0.3, -0.25) is 14.2 Å². The lowest BCUT2D eigenvalue weighted by Gasteiger charge is -2.12. The predicted octanol–water partition coefficient (Wildman–Crippen LogP) is 4.11. The number of nitrogens with zero attached hydrogens (tertiary/aromatic N) is 2. The zero-order chi connectivity index (χ0) is 21.1. The Balaban J connectivity index is 1.38. The first-order valence-corrected chi connectivity index (χ1v) is 10.6. The van der Waals surface area contributed by atoms with Crippen LogP contribution in [0.3, 0.4) is 0 Å². The SMILES string of the molecule is O=C(CCn1cnc2ccc(Br)cc2c1=O)OCc1cc(Cl)c2c(c1)OCCCO2. The quantitative estimate of drug-likeness (QED) is 0.498. The molecule has 7 nitrogen and oxygen atoms in total. The monoisotopic (exact) mass is 492 g/mol. The van der Waals surface area contributed by atoms with Crippen LogP contribution in [0.1, 0.15) is 18.4 Å². The van der Waals surface area contributed by atoms with Gasteiger partial charge >= 0.3 is 5.97 Å². The molecule has 0 bridgehead atoms. The zero-order valence-electron chi connectivity index (χ0n) is 15.9. The minimum absolute atomic E-state index is 0.0411. The van der Waals surface area contributed by atoms with Crippen molar-refractivity contribution < 1.29 is 19.0 Å². The molecule has 0 atom stereocenters. The van der Waals surface area contributed by atoms with Crippen molar-refractivity contribution in [3.8, 4) is 11.5 Å². The lowest BCUT2D eigenvalue weighted by Crippen LogP contribution is -2.22. The van der Waals surface area contributed by atoms with Gasteiger partial charge < -0.3 is 14.2 Å². The Labute approximate surface area is 185 Å². The van der Waals surface area contributed by atoms with E-state index in [9.17, 15) is 9.59 Å². The fourth-order valence-electron chi connectivity index (χ4n) is 3.11. The van der Waals surface area contributed by atoms with E-state index >= 15 is 0 Å². The van der Waals surface area contributed by atoms with Crippen LogP contribution in [0.25, 0.3) is 10.9 Å². The number of halogens is 2. The van der Waals surface area contributed by atoms with Crippen LogP contribution in [0.15, 0.2) is 45.9 Å². The van der Waals surface area contributed by atoms with Crippen molar-refractivity contribution >= 4 is 44.4 Å². The number of aryl methyl sites for hydroxylation is 1. The lowest BCUT2D eigenvalue weighted by atomic mass is 10.2. The molecule has 1 aliphatic rings. The van der Waals surface area contributed by atoms with Crippen molar-refractivity contribution in [2.24, 2.45) is 0 Å². The van der Waals surface area contributed by atoms with Crippen LogP contribution in [0.4, 0.5) is 0 Å². The first-order chi connectivity index (χ1) is 14.5. The highest BCUT2D eigenvalue weighted by Crippen LogP contribution is 2.38. The maximum Gasteiger partial charge on any atom is 0.307 e. The fraction of sp³-hybridized carbons (Fsp3) is 0.286. The van der Waals surface area contributed by atoms with Crippen LogP contribution < -0.4 is 15.0 Å². The number of fused-ring (bicyclic) bond motifs is 2. The summed E-state index contributed by atoms with van der Waals surface area (Å²) in [6, 6.07) is 8.75. The summed E-state index contributed by atoms with van der Waals surface area (Å²) >= 11 is 9.61. The molecule has 30 heavy (non-hydrogen) atoms. The van der Waals surface area contributed by atoms with E-state index in [1.807, 2.05) is 6.07 Å². The highest BCUT2D eigenvalue weighted by Gasteiger charge is 2.16. The minimum atomic E-state index is -0.431. The maximum atomic E-state index is 12.6. The smallest absolute Gasteiger partial charge is 0.307 e. The summed E-state index contributed by atoms with van der Waals surface area (Å²) in [5.41, 5.74) is 1.10. The Morgan fingerprint density at radius 3 is 2.93 bits per heavy atom. The molecule has 1 aliphatic heterocycles. The van der Waals surface area contributed by atoms with Crippen LogP contribution >= 0.6 is 27.5 Å². The summed E-state index contributed by atoms with van der Waals surface area (Å²) in [5.74, 6) is 0.629. The van der Waals surface area contributed by atoms with Gasteiger partial charge in [-0.25, -0.2) is 4.98 Å². The van der Waals surface area contributed by atoms with Crippen molar-refractivity contribution in [3.63, 3.8) is 0 Å². The number of hydrogen-bond donors (Lipinski definition) is 0. The fourth-order valence-corrected chi connectivity index (χ4v) is 3.75. The summed E-state index contributed by atoms with van der Waals surface area (Å²) in [5, 5.41) is 0.905. The van der Waals surface area contributed by atoms with Crippen LogP contribution in [-0.2, 0) is 22.7 Å². The number of ether oxygens (including phenoxy) is 3. The van der Waals surface area contributed by atoms with Crippen LogP contribution in [-0.4, -0.2) is 28.7 Å². The van der Waals surface area contributed by atoms with Gasteiger partial charge in [-0.15, -0.1) is 0 Å². The second kappa shape index (κ2) is 9.06. The molecule has 0 aliphatic carbocycles. The van der Waals surface area contributed by atoms with Crippen molar-refractivity contribution in [2.75, 3.05) is 13.2 Å². The third kappa shape index (κ3) is 4.60. The molecule has 0 radical (unpaired) electrons. The molecule has 0 saturated heterocycles. The van der Waals surface area contributed by atoms with Gasteiger partial charge in [0.2, 0.25) is 0 Å². The first kappa shape index (κ1) is 20.7. The summed E-state index contributed by atoms with van der Waals surface area (Å²) in [6.45, 7) is 1.31. The van der Waals surface area contributed by atoms with Gasteiger partial charge in [-0.05, 0) is 35.9 Å². The summed E-state index contributed by atoms with van der Waals surface area (Å²) in [6.07, 6.45) is 2.25. The molecule has 3 aromatic rings. The topological polar surface area (TPSA) is 79.7 Å². The van der Waals surface area contributed by atoms with E-state index in [0.29, 0.717) is 46.2 Å². The molecule has 0 N–H and O–H groups in total. The van der Waals surface area contributed by atoms with Crippen molar-refractivity contribution in [1.29, 1.82) is 0 Å². The molecule has 2 aromatic carbocycles. The van der Waals surface area contributed by atoms with Crippen molar-refractivity contribution in [2.45, 2.75) is 26.0 Å². The number of carbonyl (C=O) groups excluding carboxylic acids is 1. The number of aromatic nitrogens is 2. The van der Waals surface area contributed by atoms with Gasteiger partial charge in [0.15, 0.2) is 11.5 Å². The summed E-state index contributed by atoms with van der Waals surface area (Å²) in [4.78, 5) is 29.0. The molecule has 1 aromatic heterocycles. The molecule has 0 spiro atoms. The zero-order valence-corrected chi connectivity index (χ0v) is 18.2. The van der Waals surface area contributed by atoms with E-state index < -0.39 is 5.97 Å². The van der Waals surface area contributed by atoms with Gasteiger partial charge in [0.1, 0.15) is 6.61 Å². The molecule has 4 rings (SSSR count). The normalized spacial score (nSPS) is 13.1. The van der Waals surface area contributed by atoms with Gasteiger partial charge in [0.05, 0.1) is 41.9 Å². The number of carbonyl (C=O) groups is 1. The highest BCUT2D eigenvalue weighted by atomic mass is 79.9. The molecule has 0 fully saturated rings. The maximum absolute atomic E-state index is 12.6. The Morgan fingerprint density at radius 2 is 2.07 bits per heavy atom. The van der Waals surface area contributed by atoms with Gasteiger partial charge in [0, 0.05) is 17.4 Å². The number of rotatable bonds is 5. The van der Waals surface area contributed by atoms with Crippen LogP contribution in [0, 0.1) is 0 Å². The highest BCUT2D eigenvalue weighted by molar-refractivity contribution is 9.10. The lowest BCUT2D eigenvalue weighted by molar-refractivity contribution is -0.145. The second-order valence-electron chi connectivity index (χ2n) is 6.77. The number of benzene rings is 2. The summed E-state index contributed by atoms with van der Waals surface area (Å²) in [7, 11) is 0. The molecular weight excluding hydrogens is 476 g/mol. The standard InChI is InChI=1S/C21H18BrClN2O5/c22-14-2-3-17-15(10-14)21(27)25(12-24-17)5-4-19(26)30-11-13-8-16(23)20-18(9-13)28-6-1-7-29-20/h2-3,8-10,12H,1,4-7,11H2. The van der Waals surface area contributed by atoms with Gasteiger partial charge in [-0.2, -0.15) is 0 Å². The predicted molar refractivity (Wildman–Crippen MR) is 115 cm³/mol. The van der Waals surface area contributed by atoms with E-state index in [4.69, 9.17) is 25.8 Å². The second-order valence-corrected chi connectivity index (χ2v) is 8.09. The van der Waals surface area contributed by atoms with E-state index in [2.05, 4.69) is 20.9 Å². The largest absolute Gasteiger partial charge is 0.489 e. The molecular formula is C21H18BrClN2O5. The average Bonchev–Trinajstić information content (AvgIpc) is 2.98. The number of esters is 1. The van der Waals surface area contributed by atoms with Gasteiger partial charge in [0.25, 0.3) is 5.56 Å². The first-order valence-electron chi connectivity index (χ1n) is 9.39. The van der Waals surface area contributed by atoms with Crippen LogP contribution in [0.2, 0.25) is 5.02 Å². The Bertz CT molecular complexity index is 1160. The molecule has 9 heteroatoms. The molecule has 0 saturated carbocycles. The summed E-state index contributed by atoms with van der Waals surface area (Å²) < 4.78 is 18.8. The third-order valence-electron chi connectivity index (χ3n) is 4.60. The van der Waals surface area contributed by atoms with E-state index in [0.717, 1.165) is 10.9 Å². The van der Waals surface area contributed by atoms with Gasteiger partial charge in [-0.1, -0.05) is 27.5 Å². The van der Waals surface area contributed by atoms with Crippen molar-refractivity contribution in [1.82, 2.24) is 9.55 Å². The van der Waals surface area contributed by atoms with Crippen molar-refractivity contribution in [3.05, 3.63) is 62.1 Å². The molecule has 0 unspecified atom stereocenters. The average molecular weight is 494 g/mol. The Kier molecular flexibility index (Phi) is 6.24. The Morgan fingerprint density at radius 1 is 1.23 bits per heavy atom. The van der Waals surface area contributed by atoms with Crippen LogP contribution in [0.5, 0.6) is 11.5 Å². The Hall–Kier alpha value is -2.58.